The van der Waals surface area contributed by atoms with Crippen LogP contribution in [0.15, 0.2) is 12.3 Å². The second-order valence-corrected chi connectivity index (χ2v) is 3.19. The number of Topliss-reactive ketones (excluding diaryl/α,β-unsaturated/α-hetero) is 1. The molecule has 0 aliphatic heterocycles. The predicted octanol–water partition coefficient (Wildman–Crippen LogP) is 0.548. The lowest BCUT2D eigenvalue weighted by atomic mass is 9.99. The standard InChI is InChI=1S/C9H15N3O.ClH/c1-7(13)8(6-10)5-9-3-4-11-12(9)2;/h3-4,8H,5-6,10H2,1-2H3;1H. The van der Waals surface area contributed by atoms with Crippen molar-refractivity contribution < 1.29 is 4.79 Å². The number of carbonyl (C=O) groups is 1. The van der Waals surface area contributed by atoms with E-state index >= 15 is 0 Å². The van der Waals surface area contributed by atoms with E-state index in [0.717, 1.165) is 5.69 Å². The lowest BCUT2D eigenvalue weighted by molar-refractivity contribution is -0.120. The molecule has 4 nitrogen and oxygen atoms in total. The van der Waals surface area contributed by atoms with E-state index in [1.54, 1.807) is 17.8 Å². The lowest BCUT2D eigenvalue weighted by Gasteiger charge is -2.10. The Hall–Kier alpha value is -0.870. The molecule has 80 valence electrons. The Bertz CT molecular complexity index is 298. The number of carbonyl (C=O) groups excluding carboxylic acids is 1. The summed E-state index contributed by atoms with van der Waals surface area (Å²) in [6.07, 6.45) is 2.41. The summed E-state index contributed by atoms with van der Waals surface area (Å²) < 4.78 is 1.77. The highest BCUT2D eigenvalue weighted by Crippen LogP contribution is 2.07. The first-order valence-electron chi connectivity index (χ1n) is 4.32. The Balaban J connectivity index is 0.00000169. The van der Waals surface area contributed by atoms with E-state index in [1.807, 2.05) is 13.1 Å². The summed E-state index contributed by atoms with van der Waals surface area (Å²) in [5, 5.41) is 4.03. The van der Waals surface area contributed by atoms with Gasteiger partial charge in [-0.2, -0.15) is 5.10 Å². The van der Waals surface area contributed by atoms with E-state index in [9.17, 15) is 4.79 Å². The quantitative estimate of drug-likeness (QED) is 0.801. The van der Waals surface area contributed by atoms with Crippen molar-refractivity contribution in [2.45, 2.75) is 13.3 Å². The highest BCUT2D eigenvalue weighted by molar-refractivity contribution is 5.85. The molecule has 0 bridgehead atoms. The van der Waals surface area contributed by atoms with Crippen molar-refractivity contribution in [2.75, 3.05) is 6.54 Å². The normalized spacial score (nSPS) is 11.9. The molecule has 1 aromatic rings. The van der Waals surface area contributed by atoms with Crippen LogP contribution < -0.4 is 5.73 Å². The summed E-state index contributed by atoms with van der Waals surface area (Å²) in [7, 11) is 1.86. The number of hydrogen-bond acceptors (Lipinski definition) is 3. The Labute approximate surface area is 89.9 Å². The van der Waals surface area contributed by atoms with Crippen LogP contribution in [0.5, 0.6) is 0 Å². The SMILES string of the molecule is CC(=O)C(CN)Cc1ccnn1C.Cl. The predicted molar refractivity (Wildman–Crippen MR) is 57.4 cm³/mol. The average Bonchev–Trinajstić information content (AvgIpc) is 2.46. The minimum absolute atomic E-state index is 0. The molecule has 14 heavy (non-hydrogen) atoms. The Kier molecular flexibility index (Phi) is 5.42. The molecule has 1 heterocycles. The van der Waals surface area contributed by atoms with Gasteiger partial charge in [-0.15, -0.1) is 12.4 Å². The first kappa shape index (κ1) is 13.1. The van der Waals surface area contributed by atoms with Gasteiger partial charge >= 0.3 is 0 Å². The molecular weight excluding hydrogens is 202 g/mol. The number of nitrogens with two attached hydrogens (primary N) is 1. The van der Waals surface area contributed by atoms with Gasteiger partial charge in [0.05, 0.1) is 0 Å². The zero-order valence-electron chi connectivity index (χ0n) is 8.43. The van der Waals surface area contributed by atoms with Crippen molar-refractivity contribution in [1.82, 2.24) is 9.78 Å². The van der Waals surface area contributed by atoms with Crippen molar-refractivity contribution in [1.29, 1.82) is 0 Å². The van der Waals surface area contributed by atoms with E-state index in [-0.39, 0.29) is 24.1 Å². The van der Waals surface area contributed by atoms with Gasteiger partial charge in [0.2, 0.25) is 0 Å². The molecule has 0 aliphatic rings. The summed E-state index contributed by atoms with van der Waals surface area (Å²) in [6.45, 7) is 1.98. The zero-order chi connectivity index (χ0) is 9.84. The van der Waals surface area contributed by atoms with Gasteiger partial charge in [0.25, 0.3) is 0 Å². The highest BCUT2D eigenvalue weighted by Gasteiger charge is 2.14. The van der Waals surface area contributed by atoms with Gasteiger partial charge in [0, 0.05) is 37.8 Å². The minimum Gasteiger partial charge on any atom is -0.330 e. The van der Waals surface area contributed by atoms with Gasteiger partial charge in [-0.3, -0.25) is 9.48 Å². The van der Waals surface area contributed by atoms with Crippen LogP contribution in [0.25, 0.3) is 0 Å². The van der Waals surface area contributed by atoms with Gasteiger partial charge in [-0.05, 0) is 13.0 Å². The van der Waals surface area contributed by atoms with Gasteiger partial charge in [0.15, 0.2) is 0 Å². The third-order valence-electron chi connectivity index (χ3n) is 2.24. The monoisotopic (exact) mass is 217 g/mol. The number of nitrogens with zero attached hydrogens (tertiary/aromatic N) is 2. The van der Waals surface area contributed by atoms with E-state index in [2.05, 4.69) is 5.10 Å². The van der Waals surface area contributed by atoms with Crippen LogP contribution in [-0.2, 0) is 18.3 Å². The number of aryl methyl sites for hydroxylation is 1. The summed E-state index contributed by atoms with van der Waals surface area (Å²) in [5.41, 5.74) is 6.54. The molecule has 1 aromatic heterocycles. The molecule has 0 aliphatic carbocycles. The first-order chi connectivity index (χ1) is 6.15. The van der Waals surface area contributed by atoms with Crippen molar-refractivity contribution in [3.63, 3.8) is 0 Å². The zero-order valence-corrected chi connectivity index (χ0v) is 9.25. The van der Waals surface area contributed by atoms with E-state index in [0.29, 0.717) is 13.0 Å². The largest absolute Gasteiger partial charge is 0.330 e. The minimum atomic E-state index is -0.0737. The van der Waals surface area contributed by atoms with Gasteiger partial charge in [-0.25, -0.2) is 0 Å². The smallest absolute Gasteiger partial charge is 0.134 e. The summed E-state index contributed by atoms with van der Waals surface area (Å²) >= 11 is 0. The molecule has 0 saturated carbocycles. The van der Waals surface area contributed by atoms with Crippen LogP contribution in [0.1, 0.15) is 12.6 Å². The Morgan fingerprint density at radius 2 is 2.36 bits per heavy atom. The van der Waals surface area contributed by atoms with Gasteiger partial charge in [0.1, 0.15) is 5.78 Å². The van der Waals surface area contributed by atoms with Crippen molar-refractivity contribution in [3.8, 4) is 0 Å². The van der Waals surface area contributed by atoms with Crippen LogP contribution in [0, 0.1) is 5.92 Å². The third-order valence-corrected chi connectivity index (χ3v) is 2.24. The summed E-state index contributed by atoms with van der Waals surface area (Å²) in [6, 6.07) is 1.91. The molecule has 0 saturated heterocycles. The molecule has 5 heteroatoms. The summed E-state index contributed by atoms with van der Waals surface area (Å²) in [4.78, 5) is 11.1. The third kappa shape index (κ3) is 3.12. The highest BCUT2D eigenvalue weighted by atomic mass is 35.5. The molecule has 0 radical (unpaired) electrons. The summed E-state index contributed by atoms with van der Waals surface area (Å²) in [5.74, 6) is 0.0686. The lowest BCUT2D eigenvalue weighted by Crippen LogP contribution is -2.24. The second kappa shape index (κ2) is 5.78. The topological polar surface area (TPSA) is 60.9 Å². The van der Waals surface area contributed by atoms with Crippen LogP contribution in [-0.4, -0.2) is 22.1 Å². The molecule has 1 rings (SSSR count). The van der Waals surface area contributed by atoms with Crippen LogP contribution in [0.3, 0.4) is 0 Å². The average molecular weight is 218 g/mol. The van der Waals surface area contributed by atoms with E-state index in [4.69, 9.17) is 5.73 Å². The maximum atomic E-state index is 11.1. The first-order valence-corrected chi connectivity index (χ1v) is 4.32. The Morgan fingerprint density at radius 1 is 1.71 bits per heavy atom. The molecule has 2 N–H and O–H groups in total. The molecule has 0 amide bonds. The Morgan fingerprint density at radius 3 is 2.71 bits per heavy atom. The number of ketones is 1. The molecule has 1 unspecified atom stereocenters. The fourth-order valence-corrected chi connectivity index (χ4v) is 1.25. The number of hydrogen-bond donors (Lipinski definition) is 1. The molecule has 0 fully saturated rings. The number of halogens is 1. The van der Waals surface area contributed by atoms with Crippen LogP contribution >= 0.6 is 12.4 Å². The fourth-order valence-electron chi connectivity index (χ4n) is 1.25. The van der Waals surface area contributed by atoms with E-state index in [1.165, 1.54) is 0 Å². The van der Waals surface area contributed by atoms with Crippen LogP contribution in [0.4, 0.5) is 0 Å². The maximum Gasteiger partial charge on any atom is 0.134 e. The molecule has 0 aromatic carbocycles. The fraction of sp³-hybridized carbons (Fsp3) is 0.556. The van der Waals surface area contributed by atoms with Crippen molar-refractivity contribution in [2.24, 2.45) is 18.7 Å². The number of aromatic nitrogens is 2. The number of rotatable bonds is 4. The van der Waals surface area contributed by atoms with Gasteiger partial charge < -0.3 is 5.73 Å². The van der Waals surface area contributed by atoms with Crippen molar-refractivity contribution in [3.05, 3.63) is 18.0 Å². The van der Waals surface area contributed by atoms with E-state index < -0.39 is 0 Å². The van der Waals surface area contributed by atoms with Crippen LogP contribution in [0.2, 0.25) is 0 Å². The maximum absolute atomic E-state index is 11.1. The van der Waals surface area contributed by atoms with Gasteiger partial charge in [-0.1, -0.05) is 0 Å². The van der Waals surface area contributed by atoms with Crippen molar-refractivity contribution >= 4 is 18.2 Å². The molecule has 0 spiro atoms. The second-order valence-electron chi connectivity index (χ2n) is 3.19. The molecule has 1 atom stereocenters. The molecular formula is C9H16ClN3O.